The molecule has 2 rings (SSSR count). The number of aliphatic carboxylic acids is 2. The van der Waals surface area contributed by atoms with Gasteiger partial charge in [0.2, 0.25) is 11.8 Å². The summed E-state index contributed by atoms with van der Waals surface area (Å²) in [5, 5.41) is 75.7. The third kappa shape index (κ3) is 11.4. The number of hydrogen-bond acceptors (Lipinski definition) is 15. The largest absolute Gasteiger partial charge is 0.481 e. The second-order valence-electron chi connectivity index (χ2n) is 12.8. The van der Waals surface area contributed by atoms with Gasteiger partial charge in [-0.2, -0.15) is 0 Å². The lowest BCUT2D eigenvalue weighted by Gasteiger charge is -2.36. The van der Waals surface area contributed by atoms with Gasteiger partial charge in [-0.05, 0) is 19.3 Å². The van der Waals surface area contributed by atoms with Crippen molar-refractivity contribution in [3.63, 3.8) is 0 Å². The minimum atomic E-state index is -2.42. The number of aliphatic hydroxyl groups excluding tert-OH is 5. The standard InChI is InChI=1S/C29H47BN8O15/c1-8(41)35-19(14(43)3-4-39)16-12(37-28(31)32)5-10(24(46)47)22(16)52-26(50)18(30)27(51)53-23-11(25(48)49)6-13(38-29(33)34)17(23)20(36-9(2)42)21(45)15(44)7-40/h10-23,39-40,43-45H,3-7H2,1-2H3,(H,35,41)(H,36,42)(H,46,47)(H,48,49)(H4,31,32,37)(H4,33,34,38)/t10-,11-,12+,13+,14-,15-,16+,17+,18?,19+,20-,21-,22+,23+/m0/s1. The first-order chi connectivity index (χ1) is 24.7. The maximum atomic E-state index is 13.5. The molecule has 1 unspecified atom stereocenters. The van der Waals surface area contributed by atoms with Gasteiger partial charge in [0.25, 0.3) is 0 Å². The average molecular weight is 759 g/mol. The molecule has 0 heterocycles. The Kier molecular flexibility index (Phi) is 16.2. The third-order valence-electron chi connectivity index (χ3n) is 9.07. The van der Waals surface area contributed by atoms with Gasteiger partial charge in [-0.3, -0.25) is 28.8 Å². The van der Waals surface area contributed by atoms with Crippen molar-refractivity contribution in [2.45, 2.75) is 93.6 Å². The molecule has 0 saturated heterocycles. The number of ether oxygens (including phenoxy) is 2. The molecule has 23 nitrogen and oxygen atoms in total. The molecular weight excluding hydrogens is 711 g/mol. The Morgan fingerprint density at radius 3 is 1.47 bits per heavy atom. The number of nitrogens with zero attached hydrogens (tertiary/aromatic N) is 2. The summed E-state index contributed by atoms with van der Waals surface area (Å²) < 4.78 is 10.9. The van der Waals surface area contributed by atoms with Crippen LogP contribution in [0.2, 0.25) is 5.82 Å². The molecule has 0 aliphatic heterocycles. The summed E-state index contributed by atoms with van der Waals surface area (Å²) in [6.07, 6.45) is -10.3. The maximum absolute atomic E-state index is 13.5. The number of carbonyl (C=O) groups is 6. The van der Waals surface area contributed by atoms with Crippen molar-refractivity contribution < 1.29 is 74.0 Å². The normalized spacial score (nSPS) is 28.5. The molecule has 53 heavy (non-hydrogen) atoms. The second-order valence-corrected chi connectivity index (χ2v) is 12.8. The fourth-order valence-electron chi connectivity index (χ4n) is 6.93. The van der Waals surface area contributed by atoms with Crippen molar-refractivity contribution in [2.75, 3.05) is 13.2 Å². The Labute approximate surface area is 303 Å². The van der Waals surface area contributed by atoms with Crippen LogP contribution in [0.15, 0.2) is 9.98 Å². The van der Waals surface area contributed by atoms with Crippen LogP contribution in [0.4, 0.5) is 0 Å². The van der Waals surface area contributed by atoms with Crippen LogP contribution in [0.25, 0.3) is 0 Å². The molecule has 0 bridgehead atoms. The van der Waals surface area contributed by atoms with Crippen LogP contribution in [-0.4, -0.2) is 159 Å². The fraction of sp³-hybridized carbons (Fsp3) is 0.724. The number of rotatable bonds is 18. The van der Waals surface area contributed by atoms with E-state index >= 15 is 0 Å². The maximum Gasteiger partial charge on any atom is 0.311 e. The van der Waals surface area contributed by atoms with E-state index in [1.165, 1.54) is 0 Å². The molecule has 2 fully saturated rings. The van der Waals surface area contributed by atoms with Crippen LogP contribution < -0.4 is 33.6 Å². The first-order valence-corrected chi connectivity index (χ1v) is 16.3. The fourth-order valence-corrected chi connectivity index (χ4v) is 6.93. The Balaban J connectivity index is 2.58. The zero-order valence-corrected chi connectivity index (χ0v) is 28.8. The van der Waals surface area contributed by atoms with Gasteiger partial charge in [0.15, 0.2) is 11.9 Å². The number of carbonyl (C=O) groups excluding carboxylic acids is 4. The number of nitrogens with one attached hydrogen (secondary N) is 2. The van der Waals surface area contributed by atoms with Gasteiger partial charge < -0.3 is 78.8 Å². The predicted octanol–water partition coefficient (Wildman–Crippen LogP) is -7.04. The summed E-state index contributed by atoms with van der Waals surface area (Å²) in [4.78, 5) is 84.0. The van der Waals surface area contributed by atoms with Gasteiger partial charge in [0.05, 0.1) is 48.7 Å². The first kappa shape index (κ1) is 44.4. The van der Waals surface area contributed by atoms with E-state index in [2.05, 4.69) is 20.6 Å². The van der Waals surface area contributed by atoms with Gasteiger partial charge in [0, 0.05) is 32.3 Å². The van der Waals surface area contributed by atoms with E-state index in [-0.39, 0.29) is 6.42 Å². The molecule has 24 heteroatoms. The predicted molar refractivity (Wildman–Crippen MR) is 179 cm³/mol. The zero-order chi connectivity index (χ0) is 40.5. The van der Waals surface area contributed by atoms with E-state index in [0.717, 1.165) is 13.8 Å². The number of guanidine groups is 2. The van der Waals surface area contributed by atoms with E-state index in [1.54, 1.807) is 0 Å². The molecule has 14 atom stereocenters. The minimum absolute atomic E-state index is 0.335. The summed E-state index contributed by atoms with van der Waals surface area (Å²) in [5.41, 5.74) is 22.2. The van der Waals surface area contributed by atoms with E-state index in [1.807, 2.05) is 0 Å². The number of aliphatic imine (C=N–C) groups is 2. The summed E-state index contributed by atoms with van der Waals surface area (Å²) in [5.74, 6) is -17.6. The highest BCUT2D eigenvalue weighted by atomic mass is 16.6. The van der Waals surface area contributed by atoms with Crippen LogP contribution >= 0.6 is 0 Å². The number of carboxylic acids is 2. The minimum Gasteiger partial charge on any atom is -0.481 e. The molecule has 2 amide bonds. The molecule has 296 valence electrons. The Bertz CT molecular complexity index is 1410. The van der Waals surface area contributed by atoms with Crippen molar-refractivity contribution in [2.24, 2.45) is 56.6 Å². The molecule has 2 aliphatic carbocycles. The monoisotopic (exact) mass is 758 g/mol. The van der Waals surface area contributed by atoms with Crippen LogP contribution in [0.1, 0.15) is 33.1 Å². The van der Waals surface area contributed by atoms with Crippen molar-refractivity contribution in [1.82, 2.24) is 10.6 Å². The van der Waals surface area contributed by atoms with Crippen molar-refractivity contribution in [1.29, 1.82) is 0 Å². The van der Waals surface area contributed by atoms with E-state index in [9.17, 15) is 64.5 Å². The quantitative estimate of drug-likeness (QED) is 0.0203. The number of hydrogen-bond donors (Lipinski definition) is 13. The molecule has 0 aromatic rings. The topological polar surface area (TPSA) is 415 Å². The lowest BCUT2D eigenvalue weighted by atomic mass is 9.84. The summed E-state index contributed by atoms with van der Waals surface area (Å²) in [6, 6.07) is -5.61. The molecular formula is C29H47BN8O15. The lowest BCUT2D eigenvalue weighted by molar-refractivity contribution is -0.169. The van der Waals surface area contributed by atoms with Gasteiger partial charge in [-0.15, -0.1) is 0 Å². The van der Waals surface area contributed by atoms with E-state index in [4.69, 9.17) is 40.3 Å². The smallest absolute Gasteiger partial charge is 0.311 e. The average Bonchev–Trinajstić information content (AvgIpc) is 3.57. The number of nitrogens with two attached hydrogens (primary N) is 4. The molecule has 2 saturated carbocycles. The molecule has 17 N–H and O–H groups in total. The number of amides is 2. The van der Waals surface area contributed by atoms with Gasteiger partial charge in [-0.25, -0.2) is 9.98 Å². The number of aliphatic hydroxyl groups is 5. The zero-order valence-electron chi connectivity index (χ0n) is 28.8. The summed E-state index contributed by atoms with van der Waals surface area (Å²) in [6.45, 7) is 0.477. The summed E-state index contributed by atoms with van der Waals surface area (Å²) in [7, 11) is 5.91. The third-order valence-corrected chi connectivity index (χ3v) is 9.07. The van der Waals surface area contributed by atoms with Crippen LogP contribution in [0, 0.1) is 23.7 Å². The molecule has 0 aromatic heterocycles. The highest BCUT2D eigenvalue weighted by molar-refractivity contribution is 6.34. The summed E-state index contributed by atoms with van der Waals surface area (Å²) >= 11 is 0. The van der Waals surface area contributed by atoms with E-state index in [0.29, 0.717) is 0 Å². The molecule has 2 aliphatic rings. The van der Waals surface area contributed by atoms with Crippen LogP contribution in [0.3, 0.4) is 0 Å². The van der Waals surface area contributed by atoms with Crippen molar-refractivity contribution >= 4 is 55.5 Å². The molecule has 0 aromatic carbocycles. The van der Waals surface area contributed by atoms with Crippen molar-refractivity contribution in [3.05, 3.63) is 0 Å². The molecule has 2 radical (unpaired) electrons. The second kappa shape index (κ2) is 19.3. The highest BCUT2D eigenvalue weighted by Gasteiger charge is 2.57. The van der Waals surface area contributed by atoms with Gasteiger partial charge in [-0.1, -0.05) is 0 Å². The van der Waals surface area contributed by atoms with Gasteiger partial charge >= 0.3 is 23.9 Å². The first-order valence-electron chi connectivity index (χ1n) is 16.3. The number of esters is 2. The van der Waals surface area contributed by atoms with Crippen LogP contribution in [0.5, 0.6) is 0 Å². The lowest BCUT2D eigenvalue weighted by Crippen LogP contribution is -2.57. The molecule has 0 spiro atoms. The Morgan fingerprint density at radius 2 is 1.13 bits per heavy atom. The Hall–Kier alpha value is -4.78. The highest BCUT2D eigenvalue weighted by Crippen LogP contribution is 2.42. The SMILES string of the molecule is [B]C(C(=O)O[C@H]1[C@@H]([C@H](NC(C)=O)[C@@H](O)[C@@H](O)CO)[C@H](N=C(N)N)C[C@@H]1C(=O)O)C(=O)O[C@H]1[C@@H]([C@H](NC(C)=O)[C@@H](O)CCO)[C@H](N=C(N)N)C[C@@H]1C(=O)O. The number of carboxylic acid groups (broad SMARTS) is 2. The van der Waals surface area contributed by atoms with E-state index < -0.39 is 158 Å². The Morgan fingerprint density at radius 1 is 0.736 bits per heavy atom. The van der Waals surface area contributed by atoms with Gasteiger partial charge in [0.1, 0.15) is 38.1 Å². The van der Waals surface area contributed by atoms with Crippen molar-refractivity contribution in [3.8, 4) is 0 Å². The van der Waals surface area contributed by atoms with Crippen LogP contribution in [-0.2, 0) is 38.2 Å².